The normalized spacial score (nSPS) is 18.9. The van der Waals surface area contributed by atoms with Gasteiger partial charge in [0.2, 0.25) is 0 Å². The molecule has 2 aromatic heterocycles. The predicted molar refractivity (Wildman–Crippen MR) is 68.4 cm³/mol. The van der Waals surface area contributed by atoms with Crippen LogP contribution in [0.3, 0.4) is 0 Å². The van der Waals surface area contributed by atoms with Crippen LogP contribution in [0, 0.1) is 0 Å². The molecular weight excluding hydrogens is 230 g/mol. The van der Waals surface area contributed by atoms with Gasteiger partial charge in [-0.05, 0) is 18.9 Å². The van der Waals surface area contributed by atoms with Crippen molar-refractivity contribution in [2.45, 2.75) is 18.4 Å². The molecule has 1 aliphatic rings. The zero-order valence-electron chi connectivity index (χ0n) is 10.2. The first-order valence-electron chi connectivity index (χ1n) is 6.18. The summed E-state index contributed by atoms with van der Waals surface area (Å²) in [7, 11) is 0. The van der Waals surface area contributed by atoms with E-state index in [1.807, 2.05) is 18.3 Å². The molecule has 18 heavy (non-hydrogen) atoms. The first-order valence-corrected chi connectivity index (χ1v) is 6.18. The van der Waals surface area contributed by atoms with Crippen LogP contribution >= 0.6 is 0 Å². The van der Waals surface area contributed by atoms with E-state index in [0.29, 0.717) is 6.54 Å². The summed E-state index contributed by atoms with van der Waals surface area (Å²) >= 11 is 0. The van der Waals surface area contributed by atoms with E-state index in [9.17, 15) is 0 Å². The molecule has 1 aliphatic heterocycles. The Labute approximate surface area is 105 Å². The Morgan fingerprint density at radius 1 is 1.39 bits per heavy atom. The van der Waals surface area contributed by atoms with Crippen molar-refractivity contribution in [1.29, 1.82) is 0 Å². The Balaban J connectivity index is 1.85. The van der Waals surface area contributed by atoms with Crippen molar-refractivity contribution in [2.75, 3.05) is 25.1 Å². The van der Waals surface area contributed by atoms with Gasteiger partial charge in [0, 0.05) is 32.0 Å². The highest BCUT2D eigenvalue weighted by atomic mass is 16.5. The van der Waals surface area contributed by atoms with Crippen LogP contribution in [0.5, 0.6) is 0 Å². The highest BCUT2D eigenvalue weighted by molar-refractivity contribution is 5.47. The fraction of sp³-hybridized carbons (Fsp3) is 0.500. The Bertz CT molecular complexity index is 532. The molecule has 0 aliphatic carbocycles. The number of nitrogens with two attached hydrogens (primary N) is 1. The number of ether oxygens (including phenoxy) is 1. The Morgan fingerprint density at radius 3 is 3.00 bits per heavy atom. The van der Waals surface area contributed by atoms with Crippen molar-refractivity contribution >= 4 is 11.5 Å². The van der Waals surface area contributed by atoms with E-state index >= 15 is 0 Å². The van der Waals surface area contributed by atoms with Gasteiger partial charge in [0.15, 0.2) is 5.65 Å². The molecule has 2 aromatic rings. The fourth-order valence-electron chi connectivity index (χ4n) is 2.30. The van der Waals surface area contributed by atoms with Crippen LogP contribution in [-0.2, 0) is 4.74 Å². The second-order valence-corrected chi connectivity index (χ2v) is 4.67. The highest BCUT2D eigenvalue weighted by Crippen LogP contribution is 2.24. The van der Waals surface area contributed by atoms with Crippen molar-refractivity contribution in [3.8, 4) is 0 Å². The first-order chi connectivity index (χ1) is 8.81. The molecule has 0 bridgehead atoms. The molecule has 3 N–H and O–H groups in total. The lowest BCUT2D eigenvalue weighted by Gasteiger charge is -2.37. The second-order valence-electron chi connectivity index (χ2n) is 4.67. The summed E-state index contributed by atoms with van der Waals surface area (Å²) < 4.78 is 7.13. The zero-order chi connectivity index (χ0) is 12.4. The monoisotopic (exact) mass is 247 g/mol. The summed E-state index contributed by atoms with van der Waals surface area (Å²) in [5, 5.41) is 7.59. The molecule has 6 heteroatoms. The molecule has 0 saturated carbocycles. The van der Waals surface area contributed by atoms with Gasteiger partial charge in [0.1, 0.15) is 5.82 Å². The van der Waals surface area contributed by atoms with Crippen LogP contribution in [0.1, 0.15) is 12.8 Å². The topological polar surface area (TPSA) is 77.5 Å². The first kappa shape index (κ1) is 11.4. The van der Waals surface area contributed by atoms with E-state index in [1.165, 1.54) is 0 Å². The maximum atomic E-state index is 5.92. The minimum absolute atomic E-state index is 0.0936. The second kappa shape index (κ2) is 4.55. The van der Waals surface area contributed by atoms with E-state index < -0.39 is 0 Å². The van der Waals surface area contributed by atoms with Crippen LogP contribution in [-0.4, -0.2) is 39.9 Å². The van der Waals surface area contributed by atoms with Crippen LogP contribution in [0.25, 0.3) is 5.65 Å². The molecule has 0 amide bonds. The lowest BCUT2D eigenvalue weighted by Crippen LogP contribution is -2.49. The van der Waals surface area contributed by atoms with Crippen molar-refractivity contribution in [2.24, 2.45) is 5.73 Å². The van der Waals surface area contributed by atoms with E-state index in [-0.39, 0.29) is 5.54 Å². The molecule has 0 unspecified atom stereocenters. The lowest BCUT2D eigenvalue weighted by molar-refractivity contribution is 0.0627. The zero-order valence-corrected chi connectivity index (χ0v) is 10.2. The van der Waals surface area contributed by atoms with Crippen LogP contribution < -0.4 is 11.1 Å². The SMILES string of the molecule is NCC1(Nc2ccn3nccc3n2)CCOCC1. The summed E-state index contributed by atoms with van der Waals surface area (Å²) in [4.78, 5) is 4.52. The number of nitrogens with one attached hydrogen (secondary N) is 1. The maximum Gasteiger partial charge on any atom is 0.157 e. The molecule has 0 spiro atoms. The number of nitrogens with zero attached hydrogens (tertiary/aromatic N) is 3. The molecular formula is C12H17N5O. The van der Waals surface area contributed by atoms with Gasteiger partial charge in [-0.3, -0.25) is 0 Å². The molecule has 96 valence electrons. The van der Waals surface area contributed by atoms with Crippen molar-refractivity contribution in [1.82, 2.24) is 14.6 Å². The standard InChI is InChI=1S/C12H17N5O/c13-9-12(3-7-18-8-4-12)16-10-2-6-17-11(15-10)1-5-14-17/h1-2,5-6H,3-4,7-9,13H2,(H,15,16). The molecule has 0 atom stereocenters. The summed E-state index contributed by atoms with van der Waals surface area (Å²) in [5.74, 6) is 0.843. The number of anilines is 1. The van der Waals surface area contributed by atoms with Gasteiger partial charge in [-0.15, -0.1) is 0 Å². The largest absolute Gasteiger partial charge is 0.381 e. The van der Waals surface area contributed by atoms with Crippen LogP contribution in [0.15, 0.2) is 24.5 Å². The minimum Gasteiger partial charge on any atom is -0.381 e. The average Bonchev–Trinajstić information content (AvgIpc) is 2.87. The van der Waals surface area contributed by atoms with Gasteiger partial charge < -0.3 is 15.8 Å². The summed E-state index contributed by atoms with van der Waals surface area (Å²) in [5.41, 5.74) is 6.65. The highest BCUT2D eigenvalue weighted by Gasteiger charge is 2.31. The summed E-state index contributed by atoms with van der Waals surface area (Å²) in [6.45, 7) is 2.08. The Kier molecular flexibility index (Phi) is 2.89. The molecule has 0 radical (unpaired) electrons. The smallest absolute Gasteiger partial charge is 0.157 e. The summed E-state index contributed by atoms with van der Waals surface area (Å²) in [6.07, 6.45) is 5.46. The number of hydrogen-bond acceptors (Lipinski definition) is 5. The predicted octanol–water partition coefficient (Wildman–Crippen LogP) is 0.649. The van der Waals surface area contributed by atoms with E-state index in [4.69, 9.17) is 10.5 Å². The Morgan fingerprint density at radius 2 is 2.22 bits per heavy atom. The van der Waals surface area contributed by atoms with E-state index in [2.05, 4.69) is 15.4 Å². The average molecular weight is 247 g/mol. The van der Waals surface area contributed by atoms with Gasteiger partial charge in [0.05, 0.1) is 11.7 Å². The van der Waals surface area contributed by atoms with Gasteiger partial charge in [-0.1, -0.05) is 0 Å². The van der Waals surface area contributed by atoms with Crippen LogP contribution in [0.4, 0.5) is 5.82 Å². The minimum atomic E-state index is -0.0936. The number of rotatable bonds is 3. The third kappa shape index (κ3) is 2.04. The maximum absolute atomic E-state index is 5.92. The Hall–Kier alpha value is -1.66. The fourth-order valence-corrected chi connectivity index (χ4v) is 2.30. The molecule has 3 heterocycles. The molecule has 0 aromatic carbocycles. The van der Waals surface area contributed by atoms with Crippen LogP contribution in [0.2, 0.25) is 0 Å². The molecule has 3 rings (SSSR count). The number of hydrogen-bond donors (Lipinski definition) is 2. The number of fused-ring (bicyclic) bond motifs is 1. The van der Waals surface area contributed by atoms with E-state index in [0.717, 1.165) is 37.5 Å². The van der Waals surface area contributed by atoms with Crippen molar-refractivity contribution < 1.29 is 4.74 Å². The van der Waals surface area contributed by atoms with Gasteiger partial charge in [-0.25, -0.2) is 9.50 Å². The van der Waals surface area contributed by atoms with Crippen molar-refractivity contribution in [3.63, 3.8) is 0 Å². The summed E-state index contributed by atoms with van der Waals surface area (Å²) in [6, 6.07) is 3.80. The third-order valence-electron chi connectivity index (χ3n) is 3.49. The molecule has 1 saturated heterocycles. The third-order valence-corrected chi connectivity index (χ3v) is 3.49. The quantitative estimate of drug-likeness (QED) is 0.832. The lowest BCUT2D eigenvalue weighted by atomic mass is 9.90. The molecule has 6 nitrogen and oxygen atoms in total. The van der Waals surface area contributed by atoms with Crippen molar-refractivity contribution in [3.05, 3.63) is 24.5 Å². The van der Waals surface area contributed by atoms with Gasteiger partial charge >= 0.3 is 0 Å². The van der Waals surface area contributed by atoms with E-state index in [1.54, 1.807) is 10.7 Å². The number of aromatic nitrogens is 3. The van der Waals surface area contributed by atoms with Gasteiger partial charge in [0.25, 0.3) is 0 Å². The molecule has 1 fully saturated rings. The van der Waals surface area contributed by atoms with Gasteiger partial charge in [-0.2, -0.15) is 5.10 Å².